The molecule has 2 rings (SSSR count). The van der Waals surface area contributed by atoms with Gasteiger partial charge in [0, 0.05) is 24.7 Å². The summed E-state index contributed by atoms with van der Waals surface area (Å²) in [4.78, 5) is 12.3. The first-order valence-corrected chi connectivity index (χ1v) is 11.8. The molecule has 0 spiro atoms. The number of hydrogen-bond donors (Lipinski definition) is 4. The molecule has 8 nitrogen and oxygen atoms in total. The van der Waals surface area contributed by atoms with E-state index in [1.807, 2.05) is 0 Å². The average Bonchev–Trinajstić information content (AvgIpc) is 2.76. The van der Waals surface area contributed by atoms with E-state index in [1.54, 1.807) is 36.4 Å². The number of amides is 1. The third kappa shape index (κ3) is 8.66. The molecule has 5 N–H and O–H groups in total. The molecule has 0 saturated heterocycles. The maximum absolute atomic E-state index is 12.3. The molecule has 2 unspecified atom stereocenters. The Bertz CT molecular complexity index is 931. The van der Waals surface area contributed by atoms with Crippen molar-refractivity contribution in [2.75, 3.05) is 19.7 Å². The number of aliphatic hydroxyl groups is 1. The molecule has 0 bridgehead atoms. The normalized spacial score (nSPS) is 13.4. The van der Waals surface area contributed by atoms with Gasteiger partial charge in [-0.05, 0) is 61.7 Å². The molecule has 2 atom stereocenters. The number of benzene rings is 2. The summed E-state index contributed by atoms with van der Waals surface area (Å²) in [6, 6.07) is 13.3. The van der Waals surface area contributed by atoms with Gasteiger partial charge in [-0.2, -0.15) is 0 Å². The number of ether oxygens (including phenoxy) is 1. The zero-order valence-corrected chi connectivity index (χ0v) is 18.7. The molecule has 0 saturated carbocycles. The van der Waals surface area contributed by atoms with Crippen molar-refractivity contribution in [3.05, 3.63) is 59.7 Å². The van der Waals surface area contributed by atoms with Gasteiger partial charge in [-0.15, -0.1) is 0 Å². The largest absolute Gasteiger partial charge is 0.491 e. The molecule has 31 heavy (non-hydrogen) atoms. The Morgan fingerprint density at radius 1 is 1.13 bits per heavy atom. The molecule has 0 aliphatic heterocycles. The summed E-state index contributed by atoms with van der Waals surface area (Å²) >= 11 is 0. The minimum absolute atomic E-state index is 0.0573. The van der Waals surface area contributed by atoms with Crippen LogP contribution in [0.2, 0.25) is 0 Å². The van der Waals surface area contributed by atoms with Crippen LogP contribution in [0.4, 0.5) is 0 Å². The smallest absolute Gasteiger partial charge is 0.251 e. The van der Waals surface area contributed by atoms with Gasteiger partial charge < -0.3 is 20.5 Å². The summed E-state index contributed by atoms with van der Waals surface area (Å²) in [6.07, 6.45) is 0.929. The van der Waals surface area contributed by atoms with Crippen molar-refractivity contribution < 1.29 is 23.1 Å². The van der Waals surface area contributed by atoms with E-state index in [2.05, 4.69) is 24.5 Å². The highest BCUT2D eigenvalue weighted by atomic mass is 32.2. The van der Waals surface area contributed by atoms with Gasteiger partial charge >= 0.3 is 0 Å². The van der Waals surface area contributed by atoms with Crippen molar-refractivity contribution in [3.8, 4) is 5.75 Å². The van der Waals surface area contributed by atoms with Crippen LogP contribution < -0.4 is 20.5 Å². The van der Waals surface area contributed by atoms with E-state index in [0.29, 0.717) is 36.9 Å². The Labute approximate surface area is 183 Å². The van der Waals surface area contributed by atoms with Crippen molar-refractivity contribution in [1.82, 2.24) is 10.6 Å². The molecule has 170 valence electrons. The molecule has 2 aromatic rings. The predicted octanol–water partition coefficient (Wildman–Crippen LogP) is 1.43. The summed E-state index contributed by atoms with van der Waals surface area (Å²) < 4.78 is 28.1. The van der Waals surface area contributed by atoms with Crippen molar-refractivity contribution in [1.29, 1.82) is 0 Å². The molecule has 0 fully saturated rings. The van der Waals surface area contributed by atoms with Crippen LogP contribution in [-0.4, -0.2) is 51.3 Å². The van der Waals surface area contributed by atoms with E-state index in [4.69, 9.17) is 9.88 Å². The Kier molecular flexibility index (Phi) is 9.44. The third-order valence-corrected chi connectivity index (χ3v) is 5.75. The Morgan fingerprint density at radius 2 is 1.77 bits per heavy atom. The SMILES string of the molecule is CCC(C)NCC(O)COc1ccc(C(=O)NCCc2ccc(S(N)(=O)=O)cc2)cc1. The molecular weight excluding hydrogens is 418 g/mol. The van der Waals surface area contributed by atoms with Crippen LogP contribution in [0.15, 0.2) is 53.4 Å². The highest BCUT2D eigenvalue weighted by Gasteiger charge is 2.10. The van der Waals surface area contributed by atoms with Gasteiger partial charge in [0.25, 0.3) is 5.91 Å². The van der Waals surface area contributed by atoms with Crippen LogP contribution in [0.1, 0.15) is 36.2 Å². The number of carbonyl (C=O) groups excluding carboxylic acids is 1. The lowest BCUT2D eigenvalue weighted by molar-refractivity contribution is 0.0953. The molecule has 2 aromatic carbocycles. The fraction of sp³-hybridized carbons (Fsp3) is 0.409. The lowest BCUT2D eigenvalue weighted by atomic mass is 10.1. The zero-order valence-electron chi connectivity index (χ0n) is 17.9. The number of primary sulfonamides is 1. The van der Waals surface area contributed by atoms with Crippen LogP contribution >= 0.6 is 0 Å². The van der Waals surface area contributed by atoms with Gasteiger partial charge in [0.2, 0.25) is 10.0 Å². The average molecular weight is 450 g/mol. The van der Waals surface area contributed by atoms with Crippen LogP contribution in [0.5, 0.6) is 5.75 Å². The second-order valence-corrected chi connectivity index (χ2v) is 8.96. The first-order chi connectivity index (χ1) is 14.7. The fourth-order valence-electron chi connectivity index (χ4n) is 2.70. The molecular formula is C22H31N3O5S. The molecule has 0 aliphatic rings. The summed E-state index contributed by atoms with van der Waals surface area (Å²) in [5.74, 6) is 0.361. The van der Waals surface area contributed by atoms with Crippen LogP contribution in [-0.2, 0) is 16.4 Å². The molecule has 0 radical (unpaired) electrons. The molecule has 1 amide bonds. The van der Waals surface area contributed by atoms with Gasteiger partial charge in [0.05, 0.1) is 4.90 Å². The summed E-state index contributed by atoms with van der Waals surface area (Å²) in [5.41, 5.74) is 1.38. The van der Waals surface area contributed by atoms with E-state index < -0.39 is 16.1 Å². The predicted molar refractivity (Wildman–Crippen MR) is 120 cm³/mol. The highest BCUT2D eigenvalue weighted by molar-refractivity contribution is 7.89. The van der Waals surface area contributed by atoms with Crippen molar-refractivity contribution in [2.24, 2.45) is 5.14 Å². The standard InChI is InChI=1S/C22H31N3O5S/c1-3-16(2)25-14-19(26)15-30-20-8-6-18(7-9-20)22(27)24-13-12-17-4-10-21(11-5-17)31(23,28)29/h4-11,16,19,25-26H,3,12-15H2,1-2H3,(H,24,27)(H2,23,28,29). The summed E-state index contributed by atoms with van der Waals surface area (Å²) in [6.45, 7) is 5.16. The number of aliphatic hydroxyl groups excluding tert-OH is 1. The van der Waals surface area contributed by atoms with E-state index in [0.717, 1.165) is 12.0 Å². The summed E-state index contributed by atoms with van der Waals surface area (Å²) in [5, 5.41) is 21.1. The van der Waals surface area contributed by atoms with Gasteiger partial charge in [0.15, 0.2) is 0 Å². The first kappa shape index (κ1) is 24.8. The van der Waals surface area contributed by atoms with Gasteiger partial charge in [0.1, 0.15) is 18.5 Å². The molecule has 0 aliphatic carbocycles. The summed E-state index contributed by atoms with van der Waals surface area (Å²) in [7, 11) is -3.71. The maximum atomic E-state index is 12.3. The monoisotopic (exact) mass is 449 g/mol. The van der Waals surface area contributed by atoms with Crippen LogP contribution in [0.25, 0.3) is 0 Å². The van der Waals surface area contributed by atoms with E-state index in [-0.39, 0.29) is 17.4 Å². The minimum atomic E-state index is -3.71. The number of nitrogens with two attached hydrogens (primary N) is 1. The fourth-order valence-corrected chi connectivity index (χ4v) is 3.22. The Morgan fingerprint density at radius 3 is 2.35 bits per heavy atom. The van der Waals surface area contributed by atoms with Crippen molar-refractivity contribution >= 4 is 15.9 Å². The molecule has 9 heteroatoms. The van der Waals surface area contributed by atoms with Crippen LogP contribution in [0, 0.1) is 0 Å². The van der Waals surface area contributed by atoms with Gasteiger partial charge in [-0.25, -0.2) is 13.6 Å². The van der Waals surface area contributed by atoms with Crippen LogP contribution in [0.3, 0.4) is 0 Å². The highest BCUT2D eigenvalue weighted by Crippen LogP contribution is 2.13. The lowest BCUT2D eigenvalue weighted by Crippen LogP contribution is -2.36. The number of sulfonamides is 1. The second-order valence-electron chi connectivity index (χ2n) is 7.40. The van der Waals surface area contributed by atoms with E-state index in [1.165, 1.54) is 12.1 Å². The zero-order chi connectivity index (χ0) is 22.9. The topological polar surface area (TPSA) is 131 Å². The van der Waals surface area contributed by atoms with Crippen molar-refractivity contribution in [2.45, 2.75) is 43.7 Å². The second kappa shape index (κ2) is 11.8. The Hall–Kier alpha value is -2.46. The molecule has 0 heterocycles. The van der Waals surface area contributed by atoms with E-state index >= 15 is 0 Å². The quantitative estimate of drug-likeness (QED) is 0.388. The molecule has 0 aromatic heterocycles. The first-order valence-electron chi connectivity index (χ1n) is 10.2. The van der Waals surface area contributed by atoms with Gasteiger partial charge in [-0.3, -0.25) is 4.79 Å². The van der Waals surface area contributed by atoms with Gasteiger partial charge in [-0.1, -0.05) is 19.1 Å². The van der Waals surface area contributed by atoms with E-state index in [9.17, 15) is 18.3 Å². The maximum Gasteiger partial charge on any atom is 0.251 e. The number of carbonyl (C=O) groups is 1. The third-order valence-electron chi connectivity index (χ3n) is 4.82. The minimum Gasteiger partial charge on any atom is -0.491 e. The number of hydrogen-bond acceptors (Lipinski definition) is 6. The number of nitrogens with one attached hydrogen (secondary N) is 2. The van der Waals surface area contributed by atoms with Crippen molar-refractivity contribution in [3.63, 3.8) is 0 Å². The lowest BCUT2D eigenvalue weighted by Gasteiger charge is -2.16. The number of rotatable bonds is 12. The Balaban J connectivity index is 1.75.